The van der Waals surface area contributed by atoms with Gasteiger partial charge < -0.3 is 19.8 Å². The van der Waals surface area contributed by atoms with Crippen molar-refractivity contribution in [2.24, 2.45) is 17.8 Å². The molecule has 252 valence electrons. The van der Waals surface area contributed by atoms with Gasteiger partial charge >= 0.3 is 17.9 Å². The van der Waals surface area contributed by atoms with Gasteiger partial charge in [-0.05, 0) is 57.8 Å². The molecule has 0 aliphatic carbocycles. The van der Waals surface area contributed by atoms with Gasteiger partial charge in [0.25, 0.3) is 0 Å². The molecule has 0 rings (SSSR count). The lowest BCUT2D eigenvalue weighted by atomic mass is 9.95. The maximum absolute atomic E-state index is 12.0. The van der Waals surface area contributed by atoms with E-state index in [0.29, 0.717) is 25.8 Å². The highest BCUT2D eigenvalue weighted by Crippen LogP contribution is 2.25. The van der Waals surface area contributed by atoms with E-state index in [4.69, 9.17) is 0 Å². The van der Waals surface area contributed by atoms with Crippen LogP contribution in [0, 0.1) is 17.8 Å². The number of carbonyl (C=O) groups is 3. The Labute approximate surface area is 264 Å². The molecule has 7 heteroatoms. The number of carboxylic acid groups (broad SMARTS) is 3. The molecule has 43 heavy (non-hydrogen) atoms. The van der Waals surface area contributed by atoms with E-state index in [9.17, 15) is 29.7 Å². The third kappa shape index (κ3) is 20.7. The van der Waals surface area contributed by atoms with Crippen LogP contribution in [0.2, 0.25) is 0 Å². The summed E-state index contributed by atoms with van der Waals surface area (Å²) >= 11 is 0. The Morgan fingerprint density at radius 3 is 1.09 bits per heavy atom. The van der Waals surface area contributed by atoms with E-state index in [1.807, 2.05) is 20.8 Å². The van der Waals surface area contributed by atoms with Gasteiger partial charge in [0.1, 0.15) is 17.8 Å². The number of aliphatic carboxylic acids is 3. The van der Waals surface area contributed by atoms with Crippen molar-refractivity contribution >= 4 is 17.9 Å². The number of quaternary nitrogens is 1. The van der Waals surface area contributed by atoms with Crippen LogP contribution in [0.15, 0.2) is 12.2 Å². The normalized spacial score (nSPS) is 15.3. The van der Waals surface area contributed by atoms with E-state index in [-0.39, 0.29) is 24.1 Å². The molecule has 3 unspecified atom stereocenters. The molecule has 0 saturated heterocycles. The summed E-state index contributed by atoms with van der Waals surface area (Å²) in [7, 11) is 0. The Hall–Kier alpha value is -1.89. The number of carboxylic acids is 3. The lowest BCUT2D eigenvalue weighted by molar-refractivity contribution is -0.935. The number of hydrogen-bond donors (Lipinski definition) is 3. The zero-order chi connectivity index (χ0) is 32.3. The van der Waals surface area contributed by atoms with Gasteiger partial charge in [0.05, 0.1) is 26.2 Å². The molecular formula is C36H68NO6+. The molecule has 0 bridgehead atoms. The van der Waals surface area contributed by atoms with Crippen molar-refractivity contribution in [2.45, 2.75) is 156 Å². The summed E-state index contributed by atoms with van der Waals surface area (Å²) in [6.45, 7) is 9.21. The summed E-state index contributed by atoms with van der Waals surface area (Å²) in [6, 6.07) is 0. The van der Waals surface area contributed by atoms with Crippen LogP contribution in [0.4, 0.5) is 0 Å². The van der Waals surface area contributed by atoms with E-state index >= 15 is 0 Å². The van der Waals surface area contributed by atoms with Crippen LogP contribution in [-0.2, 0) is 14.4 Å². The van der Waals surface area contributed by atoms with Crippen molar-refractivity contribution in [3.63, 3.8) is 0 Å². The first kappa shape index (κ1) is 41.1. The zero-order valence-corrected chi connectivity index (χ0v) is 28.4. The number of hydrogen-bond acceptors (Lipinski definition) is 3. The molecule has 0 radical (unpaired) electrons. The van der Waals surface area contributed by atoms with Gasteiger partial charge in [-0.25, -0.2) is 0 Å². The van der Waals surface area contributed by atoms with Crippen molar-refractivity contribution in [1.82, 2.24) is 0 Å². The molecule has 0 aromatic heterocycles. The van der Waals surface area contributed by atoms with Crippen molar-refractivity contribution in [3.05, 3.63) is 12.2 Å². The minimum atomic E-state index is -0.893. The lowest BCUT2D eigenvalue weighted by Gasteiger charge is -2.43. The van der Waals surface area contributed by atoms with Gasteiger partial charge in [0.2, 0.25) is 0 Å². The number of nitrogens with zero attached hydrogens (tertiary/aromatic N) is 1. The average molecular weight is 611 g/mol. The molecule has 0 aromatic rings. The molecule has 0 spiro atoms. The fraction of sp³-hybridized carbons (Fsp3) is 0.861. The van der Waals surface area contributed by atoms with Gasteiger partial charge in [0, 0.05) is 0 Å². The van der Waals surface area contributed by atoms with E-state index in [0.717, 1.165) is 32.1 Å². The Kier molecular flexibility index (Phi) is 25.3. The first-order chi connectivity index (χ1) is 20.7. The van der Waals surface area contributed by atoms with Crippen LogP contribution in [0.3, 0.4) is 0 Å². The predicted octanol–water partition coefficient (Wildman–Crippen LogP) is 9.34. The summed E-state index contributed by atoms with van der Waals surface area (Å²) in [5.41, 5.74) is 0. The van der Waals surface area contributed by atoms with Crippen LogP contribution in [0.25, 0.3) is 0 Å². The maximum atomic E-state index is 12.0. The summed E-state index contributed by atoms with van der Waals surface area (Å²) in [4.78, 5) is 36.0. The van der Waals surface area contributed by atoms with Crippen LogP contribution < -0.4 is 0 Å². The highest BCUT2D eigenvalue weighted by Gasteiger charge is 2.40. The Balaban J connectivity index is 4.69. The fourth-order valence-electron chi connectivity index (χ4n) is 6.27. The second-order valence-corrected chi connectivity index (χ2v) is 12.9. The van der Waals surface area contributed by atoms with Gasteiger partial charge in [0.15, 0.2) is 0 Å². The van der Waals surface area contributed by atoms with Crippen LogP contribution >= 0.6 is 0 Å². The Morgan fingerprint density at radius 2 is 0.791 bits per heavy atom. The monoisotopic (exact) mass is 611 g/mol. The third-order valence-corrected chi connectivity index (χ3v) is 9.24. The molecule has 3 atom stereocenters. The molecule has 0 amide bonds. The van der Waals surface area contributed by atoms with Gasteiger partial charge in [-0.1, -0.05) is 110 Å². The fourth-order valence-corrected chi connectivity index (χ4v) is 6.27. The molecule has 0 heterocycles. The zero-order valence-electron chi connectivity index (χ0n) is 28.4. The minimum Gasteiger partial charge on any atom is -0.481 e. The summed E-state index contributed by atoms with van der Waals surface area (Å²) < 4.78 is 0.245. The van der Waals surface area contributed by atoms with Crippen molar-refractivity contribution in [1.29, 1.82) is 0 Å². The average Bonchev–Trinajstić information content (AvgIpc) is 2.98. The predicted molar refractivity (Wildman–Crippen MR) is 177 cm³/mol. The van der Waals surface area contributed by atoms with E-state index < -0.39 is 35.7 Å². The highest BCUT2D eigenvalue weighted by atomic mass is 16.4. The van der Waals surface area contributed by atoms with Crippen molar-refractivity contribution in [3.8, 4) is 0 Å². The number of unbranched alkanes of at least 4 members (excludes halogenated alkanes) is 15. The van der Waals surface area contributed by atoms with Gasteiger partial charge in [-0.15, -0.1) is 0 Å². The molecule has 7 nitrogen and oxygen atoms in total. The second kappa shape index (κ2) is 26.5. The summed E-state index contributed by atoms with van der Waals surface area (Å²) in [6.07, 6.45) is 27.2. The SMILES string of the molecule is CCCCCCCCCCCCCC/C=C/CCCCC[N+](CC(CC)C(=O)O)(CC(CC)C(=O)O)CC(CC)C(=O)O. The first-order valence-corrected chi connectivity index (χ1v) is 17.8. The molecule has 0 aromatic carbocycles. The quantitative estimate of drug-likeness (QED) is 0.0410. The highest BCUT2D eigenvalue weighted by molar-refractivity contribution is 5.71. The largest absolute Gasteiger partial charge is 0.481 e. The third-order valence-electron chi connectivity index (χ3n) is 9.24. The smallest absolute Gasteiger partial charge is 0.312 e. The Bertz CT molecular complexity index is 692. The topological polar surface area (TPSA) is 112 Å². The summed E-state index contributed by atoms with van der Waals surface area (Å²) in [5.74, 6) is -4.55. The van der Waals surface area contributed by atoms with E-state index in [1.54, 1.807) is 0 Å². The van der Waals surface area contributed by atoms with Crippen LogP contribution in [0.1, 0.15) is 156 Å². The van der Waals surface area contributed by atoms with Crippen molar-refractivity contribution < 1.29 is 34.2 Å². The van der Waals surface area contributed by atoms with Crippen LogP contribution in [0.5, 0.6) is 0 Å². The second-order valence-electron chi connectivity index (χ2n) is 12.9. The Morgan fingerprint density at radius 1 is 0.488 bits per heavy atom. The molecule has 3 N–H and O–H groups in total. The minimum absolute atomic E-state index is 0.245. The van der Waals surface area contributed by atoms with Crippen molar-refractivity contribution in [2.75, 3.05) is 26.2 Å². The standard InChI is InChI=1S/C36H67NO6/c1-5-9-10-11-12-13-14-15-16-17-18-19-20-21-22-23-24-25-26-27-37(28-31(6-2)34(38)39,29-32(7-3)35(40)41)30-33(8-4)36(42)43/h21-22,31-33H,5-20,23-30H2,1-4H3,(H2-,38,39,40,41,42,43)/p+1/b22-21+. The molecule has 0 fully saturated rings. The first-order valence-electron chi connectivity index (χ1n) is 17.8. The van der Waals surface area contributed by atoms with Crippen LogP contribution in [-0.4, -0.2) is 63.9 Å². The number of rotatable bonds is 31. The number of allylic oxidation sites excluding steroid dienone is 2. The van der Waals surface area contributed by atoms with Gasteiger partial charge in [-0.3, -0.25) is 14.4 Å². The molecule has 0 aliphatic heterocycles. The molecular weight excluding hydrogens is 542 g/mol. The summed E-state index contributed by atoms with van der Waals surface area (Å²) in [5, 5.41) is 29.5. The van der Waals surface area contributed by atoms with Gasteiger partial charge in [-0.2, -0.15) is 0 Å². The maximum Gasteiger partial charge on any atom is 0.312 e. The lowest BCUT2D eigenvalue weighted by Crippen LogP contribution is -2.58. The molecule has 0 saturated carbocycles. The molecule has 0 aliphatic rings. The van der Waals surface area contributed by atoms with E-state index in [1.165, 1.54) is 77.0 Å². The van der Waals surface area contributed by atoms with E-state index in [2.05, 4.69) is 19.1 Å².